The maximum absolute atomic E-state index is 13.1. The normalized spacial score (nSPS) is 12.2. The van der Waals surface area contributed by atoms with Crippen molar-refractivity contribution in [3.63, 3.8) is 0 Å². The van der Waals surface area contributed by atoms with Crippen molar-refractivity contribution in [3.05, 3.63) is 81.4 Å². The van der Waals surface area contributed by atoms with E-state index in [1.807, 2.05) is 44.2 Å². The fourth-order valence-corrected chi connectivity index (χ4v) is 4.14. The molecule has 0 bridgehead atoms. The van der Waals surface area contributed by atoms with Crippen molar-refractivity contribution in [2.24, 2.45) is 24.8 Å². The number of nitrogens with zero attached hydrogens (tertiary/aromatic N) is 3. The van der Waals surface area contributed by atoms with Gasteiger partial charge in [0.2, 0.25) is 0 Å². The third-order valence-corrected chi connectivity index (χ3v) is 5.99. The highest BCUT2D eigenvalue weighted by atomic mass is 16.5. The number of aliphatic imine (C=N–C) groups is 1. The first-order valence-corrected chi connectivity index (χ1v) is 12.0. The summed E-state index contributed by atoms with van der Waals surface area (Å²) in [6.45, 7) is 4.01. The van der Waals surface area contributed by atoms with Crippen LogP contribution in [0.3, 0.4) is 0 Å². The number of hydrogen-bond donors (Lipinski definition) is 3. The zero-order valence-corrected chi connectivity index (χ0v) is 21.4. The van der Waals surface area contributed by atoms with Crippen LogP contribution >= 0.6 is 0 Å². The molecule has 0 fully saturated rings. The Morgan fingerprint density at radius 2 is 1.86 bits per heavy atom. The lowest BCUT2D eigenvalue weighted by Gasteiger charge is -2.15. The number of rotatable bonds is 8. The van der Waals surface area contributed by atoms with Gasteiger partial charge in [-0.25, -0.2) is 0 Å². The number of aromatic amines is 1. The van der Waals surface area contributed by atoms with E-state index in [1.165, 1.54) is 15.3 Å². The Labute approximate surface area is 214 Å². The Morgan fingerprint density at radius 1 is 1.11 bits per heavy atom. The first kappa shape index (κ1) is 25.7. The Balaban J connectivity index is 1.98. The lowest BCUT2D eigenvalue weighted by Crippen LogP contribution is -2.18. The summed E-state index contributed by atoms with van der Waals surface area (Å²) >= 11 is 0. The number of nitrogens with one attached hydrogen (secondary N) is 1. The molecule has 4 N–H and O–H groups in total. The van der Waals surface area contributed by atoms with Gasteiger partial charge in [0.25, 0.3) is 11.1 Å². The second-order valence-electron chi connectivity index (χ2n) is 9.07. The van der Waals surface area contributed by atoms with E-state index in [-0.39, 0.29) is 30.4 Å². The number of aliphatic hydroxyl groups is 1. The number of pyridine rings is 2. The molecule has 0 aliphatic carbocycles. The fraction of sp³-hybridized carbons (Fsp3) is 0.250. The van der Waals surface area contributed by atoms with E-state index in [1.54, 1.807) is 38.8 Å². The van der Waals surface area contributed by atoms with Gasteiger partial charge in [-0.1, -0.05) is 12.1 Å². The highest BCUT2D eigenvalue weighted by molar-refractivity contribution is 6.11. The van der Waals surface area contributed by atoms with Gasteiger partial charge in [0.1, 0.15) is 17.9 Å². The number of H-pyrrole nitrogens is 1. The molecule has 4 rings (SSSR count). The summed E-state index contributed by atoms with van der Waals surface area (Å²) in [6, 6.07) is 11.0. The molecule has 0 saturated carbocycles. The van der Waals surface area contributed by atoms with Gasteiger partial charge in [-0.3, -0.25) is 14.6 Å². The SMILES string of the molecule is CC(C)N=C/C(=C\N)c1cc2c(-c3cc(=O)n(C)cc3-c3cccc(OCCO)c3)cn(C)c(=O)c2[nH]1. The lowest BCUT2D eigenvalue weighted by atomic mass is 9.95. The highest BCUT2D eigenvalue weighted by Crippen LogP contribution is 2.36. The Morgan fingerprint density at radius 3 is 2.57 bits per heavy atom. The summed E-state index contributed by atoms with van der Waals surface area (Å²) < 4.78 is 8.61. The van der Waals surface area contributed by atoms with Gasteiger partial charge in [0.05, 0.1) is 6.61 Å². The van der Waals surface area contributed by atoms with Crippen LogP contribution in [0.1, 0.15) is 19.5 Å². The van der Waals surface area contributed by atoms with Gasteiger partial charge >= 0.3 is 0 Å². The van der Waals surface area contributed by atoms with Crippen LogP contribution < -0.4 is 21.6 Å². The highest BCUT2D eigenvalue weighted by Gasteiger charge is 2.18. The molecule has 0 amide bonds. The zero-order valence-electron chi connectivity index (χ0n) is 21.4. The minimum Gasteiger partial charge on any atom is -0.491 e. The van der Waals surface area contributed by atoms with Crippen molar-refractivity contribution in [3.8, 4) is 28.0 Å². The molecule has 37 heavy (non-hydrogen) atoms. The van der Waals surface area contributed by atoms with Crippen molar-refractivity contribution in [1.82, 2.24) is 14.1 Å². The largest absolute Gasteiger partial charge is 0.491 e. The summed E-state index contributed by atoms with van der Waals surface area (Å²) in [5.74, 6) is 0.600. The zero-order chi connectivity index (χ0) is 26.7. The number of hydrogen-bond acceptors (Lipinski definition) is 6. The van der Waals surface area contributed by atoms with Crippen molar-refractivity contribution in [1.29, 1.82) is 0 Å². The van der Waals surface area contributed by atoms with Crippen LogP contribution in [-0.2, 0) is 14.1 Å². The summed E-state index contributed by atoms with van der Waals surface area (Å²) in [5.41, 5.74) is 10.2. The Bertz CT molecular complexity index is 1620. The van der Waals surface area contributed by atoms with Crippen LogP contribution in [0.4, 0.5) is 0 Å². The predicted octanol–water partition coefficient (Wildman–Crippen LogP) is 3.05. The third-order valence-electron chi connectivity index (χ3n) is 5.99. The van der Waals surface area contributed by atoms with Gasteiger partial charge in [0.15, 0.2) is 0 Å². The number of allylic oxidation sites excluding steroid dienone is 1. The summed E-state index contributed by atoms with van der Waals surface area (Å²) in [5, 5.41) is 9.79. The molecule has 0 radical (unpaired) electrons. The standard InChI is InChI=1S/C28H31N5O4/c1-17(2)30-14-19(13-29)25-11-22-24(16-33(4)28(36)27(22)31-25)21-12-26(35)32(3)15-23(21)18-6-5-7-20(10-18)37-9-8-34/h5-7,10-17,31,34H,8-9,29H2,1-4H3/b19-13+,30-14?. The quantitative estimate of drug-likeness (QED) is 0.320. The lowest BCUT2D eigenvalue weighted by molar-refractivity contribution is 0.201. The number of ether oxygens (including phenoxy) is 1. The topological polar surface area (TPSA) is 128 Å². The molecule has 3 aromatic heterocycles. The number of benzene rings is 1. The monoisotopic (exact) mass is 501 g/mol. The van der Waals surface area contributed by atoms with Gasteiger partial charge < -0.3 is 29.7 Å². The molecule has 4 aromatic rings. The molecule has 1 aromatic carbocycles. The van der Waals surface area contributed by atoms with Crippen molar-refractivity contribution >= 4 is 22.7 Å². The minimum absolute atomic E-state index is 0.0861. The maximum atomic E-state index is 13.1. The summed E-state index contributed by atoms with van der Waals surface area (Å²) in [7, 11) is 3.37. The molecular weight excluding hydrogens is 470 g/mol. The van der Waals surface area contributed by atoms with Gasteiger partial charge in [-0.05, 0) is 43.2 Å². The Hall–Kier alpha value is -4.37. The second kappa shape index (κ2) is 10.7. The first-order chi connectivity index (χ1) is 17.7. The van der Waals surface area contributed by atoms with E-state index in [2.05, 4.69) is 9.98 Å². The Kier molecular flexibility index (Phi) is 7.45. The molecule has 0 saturated heterocycles. The maximum Gasteiger partial charge on any atom is 0.274 e. The van der Waals surface area contributed by atoms with Crippen LogP contribution in [0, 0.1) is 0 Å². The summed E-state index contributed by atoms with van der Waals surface area (Å²) in [6.07, 6.45) is 6.64. The van der Waals surface area contributed by atoms with Gasteiger partial charge in [0, 0.05) is 78.8 Å². The molecule has 9 heteroatoms. The molecule has 3 heterocycles. The summed E-state index contributed by atoms with van der Waals surface area (Å²) in [4.78, 5) is 33.5. The molecule has 9 nitrogen and oxygen atoms in total. The number of aryl methyl sites for hydroxylation is 2. The van der Waals surface area contributed by atoms with Crippen molar-refractivity contribution < 1.29 is 9.84 Å². The second-order valence-corrected chi connectivity index (χ2v) is 9.07. The van der Waals surface area contributed by atoms with E-state index in [0.29, 0.717) is 39.0 Å². The van der Waals surface area contributed by atoms with Crippen LogP contribution in [0.15, 0.2) is 69.6 Å². The van der Waals surface area contributed by atoms with Crippen LogP contribution in [-0.4, -0.2) is 44.7 Å². The fourth-order valence-electron chi connectivity index (χ4n) is 4.14. The third kappa shape index (κ3) is 5.26. The minimum atomic E-state index is -0.202. The average Bonchev–Trinajstić information content (AvgIpc) is 3.32. The molecule has 0 aliphatic rings. The number of fused-ring (bicyclic) bond motifs is 1. The molecular formula is C28H31N5O4. The molecule has 0 unspecified atom stereocenters. The number of nitrogens with two attached hydrogens (primary N) is 1. The molecule has 192 valence electrons. The number of aliphatic hydroxyl groups excluding tert-OH is 1. The van der Waals surface area contributed by atoms with E-state index >= 15 is 0 Å². The predicted molar refractivity (Wildman–Crippen MR) is 148 cm³/mol. The first-order valence-electron chi connectivity index (χ1n) is 12.0. The van der Waals surface area contributed by atoms with E-state index in [4.69, 9.17) is 15.6 Å². The number of aromatic nitrogens is 3. The van der Waals surface area contributed by atoms with Gasteiger partial charge in [-0.2, -0.15) is 0 Å². The smallest absolute Gasteiger partial charge is 0.274 e. The molecule has 0 spiro atoms. The average molecular weight is 502 g/mol. The van der Waals surface area contributed by atoms with E-state index in [9.17, 15) is 9.59 Å². The van der Waals surface area contributed by atoms with Gasteiger partial charge in [-0.15, -0.1) is 0 Å². The van der Waals surface area contributed by atoms with Crippen LogP contribution in [0.25, 0.3) is 38.7 Å². The van der Waals surface area contributed by atoms with Crippen molar-refractivity contribution in [2.45, 2.75) is 19.9 Å². The van der Waals surface area contributed by atoms with Crippen LogP contribution in [0.2, 0.25) is 0 Å². The molecule has 0 atom stereocenters. The van der Waals surface area contributed by atoms with E-state index < -0.39 is 0 Å². The molecule has 0 aliphatic heterocycles. The van der Waals surface area contributed by atoms with E-state index in [0.717, 1.165) is 11.1 Å². The van der Waals surface area contributed by atoms with Crippen LogP contribution in [0.5, 0.6) is 5.75 Å². The van der Waals surface area contributed by atoms with Crippen molar-refractivity contribution in [2.75, 3.05) is 13.2 Å².